The molecule has 16 heavy (non-hydrogen) atoms. The molecule has 1 aliphatic rings. The van der Waals surface area contributed by atoms with Gasteiger partial charge in [-0.2, -0.15) is 0 Å². The Labute approximate surface area is 99.9 Å². The highest BCUT2D eigenvalue weighted by Crippen LogP contribution is 2.15. The van der Waals surface area contributed by atoms with Crippen molar-refractivity contribution in [2.75, 3.05) is 6.61 Å². The largest absolute Gasteiger partial charge is 0.490 e. The summed E-state index contributed by atoms with van der Waals surface area (Å²) in [6, 6.07) is 7.31. The van der Waals surface area contributed by atoms with Crippen LogP contribution in [0.5, 0.6) is 0 Å². The molecule has 84 valence electrons. The van der Waals surface area contributed by atoms with Crippen molar-refractivity contribution in [2.45, 2.75) is 19.3 Å². The van der Waals surface area contributed by atoms with Crippen LogP contribution in [0.1, 0.15) is 18.4 Å². The van der Waals surface area contributed by atoms with E-state index in [1.165, 1.54) is 0 Å². The van der Waals surface area contributed by atoms with Crippen LogP contribution in [-0.2, 0) is 16.0 Å². The average molecular weight is 237 g/mol. The molecule has 0 radical (unpaired) electrons. The minimum Gasteiger partial charge on any atom is -0.490 e. The van der Waals surface area contributed by atoms with E-state index in [2.05, 4.69) is 0 Å². The third-order valence-electron chi connectivity index (χ3n) is 2.49. The van der Waals surface area contributed by atoms with E-state index >= 15 is 0 Å². The van der Waals surface area contributed by atoms with Crippen molar-refractivity contribution in [1.82, 2.24) is 0 Å². The summed E-state index contributed by atoms with van der Waals surface area (Å²) in [7, 11) is 0. The van der Waals surface area contributed by atoms with Gasteiger partial charge in [0.15, 0.2) is 5.76 Å². The zero-order valence-electron chi connectivity index (χ0n) is 8.91. The predicted octanol–water partition coefficient (Wildman–Crippen LogP) is 3.15. The third-order valence-corrected chi connectivity index (χ3v) is 2.74. The highest BCUT2D eigenvalue weighted by molar-refractivity contribution is 6.30. The van der Waals surface area contributed by atoms with Gasteiger partial charge in [-0.25, -0.2) is 0 Å². The van der Waals surface area contributed by atoms with Gasteiger partial charge < -0.3 is 4.74 Å². The molecule has 0 spiro atoms. The molecule has 0 unspecified atom stereocenters. The Bertz CT molecular complexity index is 406. The molecule has 1 aromatic rings. The summed E-state index contributed by atoms with van der Waals surface area (Å²) in [6.45, 7) is 0.651. The minimum atomic E-state index is 0.0435. The number of ketones is 1. The quantitative estimate of drug-likeness (QED) is 0.806. The maximum atomic E-state index is 11.8. The Kier molecular flexibility index (Phi) is 3.62. The van der Waals surface area contributed by atoms with Gasteiger partial charge in [0.2, 0.25) is 5.78 Å². The highest BCUT2D eigenvalue weighted by atomic mass is 35.5. The molecule has 0 atom stereocenters. The molecule has 3 heteroatoms. The van der Waals surface area contributed by atoms with Crippen LogP contribution in [0.2, 0.25) is 5.02 Å². The molecule has 1 aromatic carbocycles. The van der Waals surface area contributed by atoms with Crippen molar-refractivity contribution >= 4 is 17.4 Å². The van der Waals surface area contributed by atoms with Gasteiger partial charge >= 0.3 is 0 Å². The van der Waals surface area contributed by atoms with E-state index in [1.807, 2.05) is 18.2 Å². The minimum absolute atomic E-state index is 0.0435. The van der Waals surface area contributed by atoms with E-state index in [0.717, 1.165) is 18.4 Å². The van der Waals surface area contributed by atoms with Gasteiger partial charge in [-0.05, 0) is 36.6 Å². The molecular weight excluding hydrogens is 224 g/mol. The fourth-order valence-corrected chi connectivity index (χ4v) is 1.75. The van der Waals surface area contributed by atoms with E-state index in [-0.39, 0.29) is 5.78 Å². The lowest BCUT2D eigenvalue weighted by Gasteiger charge is -2.13. The number of rotatable bonds is 3. The number of hydrogen-bond acceptors (Lipinski definition) is 2. The van der Waals surface area contributed by atoms with Gasteiger partial charge in [0.05, 0.1) is 6.61 Å². The Balaban J connectivity index is 2.01. The van der Waals surface area contributed by atoms with Crippen LogP contribution >= 0.6 is 11.6 Å². The molecule has 0 aliphatic carbocycles. The molecule has 0 saturated heterocycles. The molecule has 2 nitrogen and oxygen atoms in total. The number of Topliss-reactive ketones (excluding diaryl/α,β-unsaturated/α-hetero) is 1. The maximum absolute atomic E-state index is 11.8. The Morgan fingerprint density at radius 1 is 1.31 bits per heavy atom. The first-order chi connectivity index (χ1) is 7.75. The number of ether oxygens (including phenoxy) is 1. The molecule has 0 aromatic heterocycles. The van der Waals surface area contributed by atoms with Gasteiger partial charge in [-0.1, -0.05) is 23.7 Å². The molecule has 1 heterocycles. The molecule has 1 aliphatic heterocycles. The number of hydrogen-bond donors (Lipinski definition) is 0. The van der Waals surface area contributed by atoms with Crippen molar-refractivity contribution in [3.8, 4) is 0 Å². The predicted molar refractivity (Wildman–Crippen MR) is 63.4 cm³/mol. The molecule has 0 bridgehead atoms. The average Bonchev–Trinajstić information content (AvgIpc) is 2.33. The van der Waals surface area contributed by atoms with Crippen LogP contribution in [0.25, 0.3) is 0 Å². The zero-order valence-corrected chi connectivity index (χ0v) is 9.67. The first kappa shape index (κ1) is 11.2. The summed E-state index contributed by atoms with van der Waals surface area (Å²) in [5.74, 6) is 0.559. The Morgan fingerprint density at radius 3 is 2.69 bits per heavy atom. The van der Waals surface area contributed by atoms with Gasteiger partial charge in [0.1, 0.15) is 0 Å². The zero-order chi connectivity index (χ0) is 11.4. The van der Waals surface area contributed by atoms with Crippen molar-refractivity contribution in [1.29, 1.82) is 0 Å². The smallest absolute Gasteiger partial charge is 0.201 e. The van der Waals surface area contributed by atoms with E-state index in [4.69, 9.17) is 16.3 Å². The number of halogens is 1. The highest BCUT2D eigenvalue weighted by Gasteiger charge is 2.14. The molecular formula is C13H13ClO2. The first-order valence-electron chi connectivity index (χ1n) is 5.36. The maximum Gasteiger partial charge on any atom is 0.201 e. The second-order valence-electron chi connectivity index (χ2n) is 3.79. The molecule has 0 fully saturated rings. The second kappa shape index (κ2) is 5.17. The number of allylic oxidation sites excluding steroid dienone is 2. The third kappa shape index (κ3) is 2.86. The lowest BCUT2D eigenvalue weighted by molar-refractivity contribution is -0.118. The lowest BCUT2D eigenvalue weighted by atomic mass is 10.1. The molecule has 0 amide bonds. The van der Waals surface area contributed by atoms with Crippen LogP contribution in [0.15, 0.2) is 36.1 Å². The summed E-state index contributed by atoms with van der Waals surface area (Å²) in [5, 5.41) is 0.685. The van der Waals surface area contributed by atoms with Crippen LogP contribution < -0.4 is 0 Å². The van der Waals surface area contributed by atoms with Gasteiger partial charge in [0.25, 0.3) is 0 Å². The first-order valence-corrected chi connectivity index (χ1v) is 5.74. The van der Waals surface area contributed by atoms with E-state index in [1.54, 1.807) is 12.1 Å². The van der Waals surface area contributed by atoms with Gasteiger partial charge in [0, 0.05) is 11.4 Å². The monoisotopic (exact) mass is 236 g/mol. The van der Waals surface area contributed by atoms with Gasteiger partial charge in [-0.15, -0.1) is 0 Å². The Morgan fingerprint density at radius 2 is 2.06 bits per heavy atom. The number of carbonyl (C=O) groups excluding carboxylic acids is 1. The fourth-order valence-electron chi connectivity index (χ4n) is 1.63. The summed E-state index contributed by atoms with van der Waals surface area (Å²) >= 11 is 5.78. The number of carbonyl (C=O) groups is 1. The fraction of sp³-hybridized carbons (Fsp3) is 0.308. The van der Waals surface area contributed by atoms with Crippen LogP contribution in [0, 0.1) is 0 Å². The SMILES string of the molecule is O=C(Cc1ccc(Cl)cc1)C1=CCCCO1. The van der Waals surface area contributed by atoms with Crippen LogP contribution in [0.3, 0.4) is 0 Å². The van der Waals surface area contributed by atoms with Crippen LogP contribution in [-0.4, -0.2) is 12.4 Å². The lowest BCUT2D eigenvalue weighted by Crippen LogP contribution is -2.13. The molecule has 0 N–H and O–H groups in total. The Hall–Kier alpha value is -1.28. The van der Waals surface area contributed by atoms with Crippen LogP contribution in [0.4, 0.5) is 0 Å². The van der Waals surface area contributed by atoms with Crippen molar-refractivity contribution in [3.63, 3.8) is 0 Å². The normalized spacial score (nSPS) is 15.2. The van der Waals surface area contributed by atoms with Crippen molar-refractivity contribution in [3.05, 3.63) is 46.7 Å². The van der Waals surface area contributed by atoms with Crippen molar-refractivity contribution in [2.24, 2.45) is 0 Å². The van der Waals surface area contributed by atoms with E-state index in [9.17, 15) is 4.79 Å². The van der Waals surface area contributed by atoms with Gasteiger partial charge in [-0.3, -0.25) is 4.79 Å². The summed E-state index contributed by atoms with van der Waals surface area (Å²) in [6.07, 6.45) is 4.18. The summed E-state index contributed by atoms with van der Waals surface area (Å²) in [4.78, 5) is 11.8. The number of benzene rings is 1. The summed E-state index contributed by atoms with van der Waals surface area (Å²) in [5.41, 5.74) is 0.962. The second-order valence-corrected chi connectivity index (χ2v) is 4.22. The molecule has 0 saturated carbocycles. The van der Waals surface area contributed by atoms with E-state index < -0.39 is 0 Å². The standard InChI is InChI=1S/C13H13ClO2/c14-11-6-4-10(5-7-11)9-12(15)13-3-1-2-8-16-13/h3-7H,1-2,8-9H2. The van der Waals surface area contributed by atoms with E-state index in [0.29, 0.717) is 23.8 Å². The topological polar surface area (TPSA) is 26.3 Å². The van der Waals surface area contributed by atoms with Crippen molar-refractivity contribution < 1.29 is 9.53 Å². The summed E-state index contributed by atoms with van der Waals surface area (Å²) < 4.78 is 5.32. The molecule has 2 rings (SSSR count).